The molecule has 2 aromatic rings. The van der Waals surface area contributed by atoms with Gasteiger partial charge >= 0.3 is 5.97 Å². The quantitative estimate of drug-likeness (QED) is 0.372. The van der Waals surface area contributed by atoms with Crippen molar-refractivity contribution >= 4 is 45.3 Å². The fourth-order valence-corrected chi connectivity index (χ4v) is 4.92. The van der Waals surface area contributed by atoms with Crippen LogP contribution < -0.4 is 15.4 Å². The van der Waals surface area contributed by atoms with Crippen molar-refractivity contribution in [3.63, 3.8) is 0 Å². The summed E-state index contributed by atoms with van der Waals surface area (Å²) in [6.07, 6.45) is 5.36. The van der Waals surface area contributed by atoms with Gasteiger partial charge in [-0.05, 0) is 69.4 Å². The predicted octanol–water partition coefficient (Wildman–Crippen LogP) is 5.40. The lowest BCUT2D eigenvalue weighted by molar-refractivity contribution is 0.0527. The lowest BCUT2D eigenvalue weighted by Gasteiger charge is -2.14. The van der Waals surface area contributed by atoms with Crippen molar-refractivity contribution in [1.82, 2.24) is 0 Å². The van der Waals surface area contributed by atoms with Gasteiger partial charge in [0.15, 0.2) is 5.11 Å². The SMILES string of the molecule is CCOC(=O)c1c(NC(=S)Nc2ccccc2OCC)sc2c1CCCCC2. The summed E-state index contributed by atoms with van der Waals surface area (Å²) in [5.41, 5.74) is 2.56. The fourth-order valence-electron chi connectivity index (χ4n) is 3.36. The molecule has 1 aromatic heterocycles. The Hall–Kier alpha value is -2.12. The normalized spacial score (nSPS) is 13.2. The van der Waals surface area contributed by atoms with E-state index in [1.54, 1.807) is 11.3 Å². The van der Waals surface area contributed by atoms with Crippen molar-refractivity contribution in [3.8, 4) is 5.75 Å². The van der Waals surface area contributed by atoms with Crippen LogP contribution in [-0.4, -0.2) is 24.3 Å². The molecule has 3 rings (SSSR count). The Labute approximate surface area is 175 Å². The minimum atomic E-state index is -0.276. The van der Waals surface area contributed by atoms with Gasteiger partial charge in [-0.3, -0.25) is 0 Å². The molecule has 0 spiro atoms. The second-order valence-electron chi connectivity index (χ2n) is 6.50. The lowest BCUT2D eigenvalue weighted by Crippen LogP contribution is -2.21. The summed E-state index contributed by atoms with van der Waals surface area (Å²) in [4.78, 5) is 13.9. The van der Waals surface area contributed by atoms with Gasteiger partial charge in [0.25, 0.3) is 0 Å². The molecule has 1 aromatic carbocycles. The molecule has 0 fully saturated rings. The maximum absolute atomic E-state index is 12.7. The first kappa shape index (κ1) is 20.6. The van der Waals surface area contributed by atoms with Gasteiger partial charge in [-0.1, -0.05) is 18.6 Å². The summed E-state index contributed by atoms with van der Waals surface area (Å²) in [5, 5.41) is 7.60. The number of fused-ring (bicyclic) bond motifs is 1. The van der Waals surface area contributed by atoms with E-state index in [1.165, 1.54) is 11.3 Å². The first-order valence-electron chi connectivity index (χ1n) is 9.75. The van der Waals surface area contributed by atoms with Gasteiger partial charge in [-0.25, -0.2) is 4.79 Å². The van der Waals surface area contributed by atoms with Crippen LogP contribution in [0.2, 0.25) is 0 Å². The molecule has 0 saturated carbocycles. The third-order valence-electron chi connectivity index (χ3n) is 4.56. The molecule has 0 bridgehead atoms. The zero-order valence-electron chi connectivity index (χ0n) is 16.3. The maximum Gasteiger partial charge on any atom is 0.341 e. The maximum atomic E-state index is 12.7. The van der Waals surface area contributed by atoms with Crippen LogP contribution >= 0.6 is 23.6 Å². The van der Waals surface area contributed by atoms with Crippen molar-refractivity contribution in [1.29, 1.82) is 0 Å². The highest BCUT2D eigenvalue weighted by Gasteiger charge is 2.26. The number of hydrogen-bond acceptors (Lipinski definition) is 5. The molecule has 0 aliphatic heterocycles. The molecular formula is C21H26N2O3S2. The molecule has 28 heavy (non-hydrogen) atoms. The molecule has 0 saturated heterocycles. The number of esters is 1. The third-order valence-corrected chi connectivity index (χ3v) is 5.97. The number of thiocarbonyl (C=S) groups is 1. The number of benzene rings is 1. The lowest BCUT2D eigenvalue weighted by atomic mass is 10.1. The molecular weight excluding hydrogens is 392 g/mol. The summed E-state index contributed by atoms with van der Waals surface area (Å²) < 4.78 is 11.0. The monoisotopic (exact) mass is 418 g/mol. The van der Waals surface area contributed by atoms with Crippen molar-refractivity contribution in [3.05, 3.63) is 40.3 Å². The molecule has 0 amide bonds. The van der Waals surface area contributed by atoms with Gasteiger partial charge in [-0.15, -0.1) is 11.3 Å². The largest absolute Gasteiger partial charge is 0.492 e. The number of thiophene rings is 1. The number of para-hydroxylation sites is 2. The Morgan fingerprint density at radius 2 is 1.89 bits per heavy atom. The van der Waals surface area contributed by atoms with Gasteiger partial charge < -0.3 is 20.1 Å². The van der Waals surface area contributed by atoms with E-state index in [-0.39, 0.29) is 5.97 Å². The van der Waals surface area contributed by atoms with E-state index in [1.807, 2.05) is 38.1 Å². The predicted molar refractivity (Wildman–Crippen MR) is 119 cm³/mol. The van der Waals surface area contributed by atoms with Gasteiger partial charge in [0.1, 0.15) is 10.8 Å². The highest BCUT2D eigenvalue weighted by Crippen LogP contribution is 2.38. The zero-order valence-corrected chi connectivity index (χ0v) is 17.9. The van der Waals surface area contributed by atoms with E-state index < -0.39 is 0 Å². The number of anilines is 2. The molecule has 7 heteroatoms. The van der Waals surface area contributed by atoms with Crippen LogP contribution in [-0.2, 0) is 17.6 Å². The molecule has 0 atom stereocenters. The van der Waals surface area contributed by atoms with Crippen molar-refractivity contribution < 1.29 is 14.3 Å². The molecule has 150 valence electrons. The van der Waals surface area contributed by atoms with E-state index in [9.17, 15) is 4.79 Å². The fraction of sp³-hybridized carbons (Fsp3) is 0.429. The molecule has 0 unspecified atom stereocenters. The topological polar surface area (TPSA) is 59.6 Å². The number of hydrogen-bond donors (Lipinski definition) is 2. The summed E-state index contributed by atoms with van der Waals surface area (Å²) in [6, 6.07) is 7.65. The number of nitrogens with one attached hydrogen (secondary N) is 2. The van der Waals surface area contributed by atoms with Gasteiger partial charge in [0, 0.05) is 4.88 Å². The molecule has 1 heterocycles. The minimum Gasteiger partial charge on any atom is -0.492 e. The number of aryl methyl sites for hydroxylation is 1. The van der Waals surface area contributed by atoms with Crippen LogP contribution in [0.5, 0.6) is 5.75 Å². The first-order valence-corrected chi connectivity index (χ1v) is 11.0. The Morgan fingerprint density at radius 1 is 1.11 bits per heavy atom. The van der Waals surface area contributed by atoms with Gasteiger partial charge in [0.05, 0.1) is 24.5 Å². The average molecular weight is 419 g/mol. The summed E-state index contributed by atoms with van der Waals surface area (Å²) in [5.74, 6) is 0.462. The van der Waals surface area contributed by atoms with Crippen LogP contribution in [0.3, 0.4) is 0 Å². The highest BCUT2D eigenvalue weighted by molar-refractivity contribution is 7.80. The molecule has 0 radical (unpaired) electrons. The minimum absolute atomic E-state index is 0.276. The molecule has 1 aliphatic carbocycles. The highest BCUT2D eigenvalue weighted by atomic mass is 32.1. The van der Waals surface area contributed by atoms with Crippen LogP contribution in [0, 0.1) is 0 Å². The zero-order chi connectivity index (χ0) is 19.9. The second kappa shape index (κ2) is 9.89. The second-order valence-corrected chi connectivity index (χ2v) is 8.01. The van der Waals surface area contributed by atoms with Crippen molar-refractivity contribution in [2.75, 3.05) is 23.8 Å². The number of carbonyl (C=O) groups excluding carboxylic acids is 1. The van der Waals surface area contributed by atoms with E-state index in [2.05, 4.69) is 10.6 Å². The van der Waals surface area contributed by atoms with E-state index >= 15 is 0 Å². The van der Waals surface area contributed by atoms with E-state index in [0.29, 0.717) is 23.9 Å². The summed E-state index contributed by atoms with van der Waals surface area (Å²) in [6.45, 7) is 4.70. The number of ether oxygens (including phenoxy) is 2. The van der Waals surface area contributed by atoms with Crippen LogP contribution in [0.25, 0.3) is 0 Å². The van der Waals surface area contributed by atoms with Gasteiger partial charge in [0.2, 0.25) is 0 Å². The molecule has 1 aliphatic rings. The van der Waals surface area contributed by atoms with Crippen molar-refractivity contribution in [2.24, 2.45) is 0 Å². The molecule has 2 N–H and O–H groups in total. The van der Waals surface area contributed by atoms with Crippen LogP contribution in [0.4, 0.5) is 10.7 Å². The van der Waals surface area contributed by atoms with E-state index in [4.69, 9.17) is 21.7 Å². The Balaban J connectivity index is 1.83. The Bertz CT molecular complexity index is 848. The smallest absolute Gasteiger partial charge is 0.341 e. The number of carbonyl (C=O) groups is 1. The Kier molecular flexibility index (Phi) is 7.28. The van der Waals surface area contributed by atoms with Crippen LogP contribution in [0.1, 0.15) is 53.9 Å². The van der Waals surface area contributed by atoms with E-state index in [0.717, 1.165) is 47.7 Å². The summed E-state index contributed by atoms with van der Waals surface area (Å²) in [7, 11) is 0. The van der Waals surface area contributed by atoms with Gasteiger partial charge in [-0.2, -0.15) is 0 Å². The summed E-state index contributed by atoms with van der Waals surface area (Å²) >= 11 is 7.13. The Morgan fingerprint density at radius 3 is 2.68 bits per heavy atom. The van der Waals surface area contributed by atoms with Crippen molar-refractivity contribution in [2.45, 2.75) is 46.0 Å². The average Bonchev–Trinajstić information content (AvgIpc) is 2.84. The standard InChI is InChI=1S/C21H26N2O3S2/c1-3-25-16-12-9-8-11-15(16)22-21(27)23-19-18(20(24)26-4-2)14-10-6-5-7-13-17(14)28-19/h8-9,11-12H,3-7,10,13H2,1-2H3,(H2,22,23,27). The first-order chi connectivity index (χ1) is 13.6. The molecule has 5 nitrogen and oxygen atoms in total. The third kappa shape index (κ3) is 4.83. The van der Waals surface area contributed by atoms with Crippen LogP contribution in [0.15, 0.2) is 24.3 Å². The number of rotatable bonds is 6.